The van der Waals surface area contributed by atoms with Crippen molar-refractivity contribution in [1.82, 2.24) is 5.32 Å². The van der Waals surface area contributed by atoms with Gasteiger partial charge in [0.05, 0.1) is 10.9 Å². The van der Waals surface area contributed by atoms with Gasteiger partial charge < -0.3 is 15.1 Å². The molecule has 1 N–H and O–H groups in total. The standard InChI is InChI=1S/C28H23N3O3S/c1-16-13-14-21-19(15-16)27(25(33)30(21)2)23(22(32)17-9-5-4-6-10-17)28(29-24(27)35)18-11-7-8-12-20(18)31(3)26(28)34/h4-15,23H,1-3H3,(H,29,35)/t23-,27-,28-/m0/s1. The van der Waals surface area contributed by atoms with Crippen molar-refractivity contribution in [3.63, 3.8) is 0 Å². The molecule has 3 aromatic rings. The molecule has 0 unspecified atom stereocenters. The topological polar surface area (TPSA) is 69.7 Å². The van der Waals surface area contributed by atoms with Gasteiger partial charge in [0, 0.05) is 36.6 Å². The van der Waals surface area contributed by atoms with Crippen molar-refractivity contribution in [2.45, 2.75) is 17.9 Å². The number of ketones is 1. The maximum Gasteiger partial charge on any atom is 0.258 e. The van der Waals surface area contributed by atoms with Crippen LogP contribution in [0.1, 0.15) is 27.0 Å². The molecule has 174 valence electrons. The van der Waals surface area contributed by atoms with Gasteiger partial charge in [0.15, 0.2) is 11.3 Å². The molecule has 3 heterocycles. The van der Waals surface area contributed by atoms with Gasteiger partial charge in [-0.15, -0.1) is 0 Å². The Hall–Kier alpha value is -3.84. The number of thiocarbonyl (C=S) groups is 1. The Morgan fingerprint density at radius 3 is 2.23 bits per heavy atom. The van der Waals surface area contributed by atoms with Crippen molar-refractivity contribution in [2.75, 3.05) is 23.9 Å². The fourth-order valence-corrected chi connectivity index (χ4v) is 6.68. The van der Waals surface area contributed by atoms with Crippen LogP contribution in [0.15, 0.2) is 72.8 Å². The fourth-order valence-electron chi connectivity index (χ4n) is 6.20. The third-order valence-electron chi connectivity index (χ3n) is 7.77. The zero-order valence-electron chi connectivity index (χ0n) is 19.5. The molecule has 7 heteroatoms. The number of nitrogens with one attached hydrogen (secondary N) is 1. The van der Waals surface area contributed by atoms with Crippen LogP contribution in [-0.4, -0.2) is 36.7 Å². The quantitative estimate of drug-likeness (QED) is 0.448. The smallest absolute Gasteiger partial charge is 0.258 e. The summed E-state index contributed by atoms with van der Waals surface area (Å²) in [5.74, 6) is -2.01. The average Bonchev–Trinajstić information content (AvgIpc) is 3.36. The molecule has 35 heavy (non-hydrogen) atoms. The largest absolute Gasteiger partial charge is 0.360 e. The van der Waals surface area contributed by atoms with Gasteiger partial charge in [0.25, 0.3) is 5.91 Å². The number of anilines is 2. The lowest BCUT2D eigenvalue weighted by Gasteiger charge is -2.35. The third kappa shape index (κ3) is 2.43. The Balaban J connectivity index is 1.72. The van der Waals surface area contributed by atoms with Crippen LogP contribution in [0.3, 0.4) is 0 Å². The van der Waals surface area contributed by atoms with E-state index in [0.717, 1.165) is 5.56 Å². The number of para-hydroxylation sites is 1. The number of hydrogen-bond acceptors (Lipinski definition) is 4. The van der Waals surface area contributed by atoms with E-state index in [1.807, 2.05) is 55.5 Å². The Morgan fingerprint density at radius 2 is 1.49 bits per heavy atom. The third-order valence-corrected chi connectivity index (χ3v) is 8.19. The highest BCUT2D eigenvalue weighted by Crippen LogP contribution is 2.60. The molecule has 3 aliphatic rings. The van der Waals surface area contributed by atoms with Crippen LogP contribution in [0.25, 0.3) is 0 Å². The van der Waals surface area contributed by atoms with Crippen LogP contribution in [0.4, 0.5) is 11.4 Å². The minimum atomic E-state index is -1.51. The van der Waals surface area contributed by atoms with Crippen molar-refractivity contribution >= 4 is 46.2 Å². The van der Waals surface area contributed by atoms with E-state index < -0.39 is 16.9 Å². The van der Waals surface area contributed by atoms with E-state index >= 15 is 0 Å². The first-order valence-corrected chi connectivity index (χ1v) is 11.9. The van der Waals surface area contributed by atoms with Crippen LogP contribution < -0.4 is 15.1 Å². The minimum absolute atomic E-state index is 0.200. The lowest BCUT2D eigenvalue weighted by molar-refractivity contribution is -0.126. The maximum absolute atomic E-state index is 14.5. The molecular formula is C28H23N3O3S. The van der Waals surface area contributed by atoms with Gasteiger partial charge in [-0.2, -0.15) is 0 Å². The van der Waals surface area contributed by atoms with E-state index in [1.165, 1.54) is 0 Å². The normalized spacial score (nSPS) is 26.5. The second kappa shape index (κ2) is 7.09. The highest BCUT2D eigenvalue weighted by atomic mass is 32.1. The van der Waals surface area contributed by atoms with Crippen LogP contribution in [0.5, 0.6) is 0 Å². The number of likely N-dealkylation sites (N-methyl/N-ethyl adjacent to an activating group) is 2. The summed E-state index contributed by atoms with van der Waals surface area (Å²) in [5, 5.41) is 3.28. The molecule has 3 aromatic carbocycles. The highest BCUT2D eigenvalue weighted by molar-refractivity contribution is 7.80. The van der Waals surface area contributed by atoms with Gasteiger partial charge in [0.2, 0.25) is 5.91 Å². The first-order valence-electron chi connectivity index (χ1n) is 11.4. The SMILES string of the molecule is Cc1ccc2c(c1)[C@@]1(C(=O)N2C)C(=S)N[C@]2(C(=O)N(C)c3ccccc32)[C@H]1C(=O)c1ccccc1. The van der Waals surface area contributed by atoms with E-state index in [1.54, 1.807) is 48.2 Å². The van der Waals surface area contributed by atoms with E-state index in [0.29, 0.717) is 28.1 Å². The average molecular weight is 482 g/mol. The predicted molar refractivity (Wildman–Crippen MR) is 138 cm³/mol. The number of carbonyl (C=O) groups excluding carboxylic acids is 3. The maximum atomic E-state index is 14.5. The van der Waals surface area contributed by atoms with Crippen molar-refractivity contribution < 1.29 is 14.4 Å². The van der Waals surface area contributed by atoms with Gasteiger partial charge in [-0.05, 0) is 24.6 Å². The Morgan fingerprint density at radius 1 is 0.857 bits per heavy atom. The number of nitrogens with zero attached hydrogens (tertiary/aromatic N) is 2. The summed E-state index contributed by atoms with van der Waals surface area (Å²) in [4.78, 5) is 46.1. The molecule has 0 aliphatic carbocycles. The van der Waals surface area contributed by atoms with Crippen molar-refractivity contribution in [3.05, 3.63) is 95.1 Å². The molecule has 2 spiro atoms. The summed E-state index contributed by atoms with van der Waals surface area (Å²) in [5.41, 5.74) is 1.06. The lowest BCUT2D eigenvalue weighted by Crippen LogP contribution is -2.56. The second-order valence-electron chi connectivity index (χ2n) is 9.50. The molecule has 1 saturated heterocycles. The number of rotatable bonds is 2. The molecule has 0 radical (unpaired) electrons. The summed E-state index contributed by atoms with van der Waals surface area (Å²) in [6, 6.07) is 22.0. The summed E-state index contributed by atoms with van der Waals surface area (Å²) in [7, 11) is 3.38. The molecule has 0 aromatic heterocycles. The van der Waals surface area contributed by atoms with Gasteiger partial charge in [0.1, 0.15) is 5.41 Å². The first-order chi connectivity index (χ1) is 16.8. The Kier molecular flexibility index (Phi) is 4.39. The van der Waals surface area contributed by atoms with Crippen molar-refractivity contribution in [3.8, 4) is 0 Å². The molecule has 6 rings (SSSR count). The highest BCUT2D eigenvalue weighted by Gasteiger charge is 2.75. The number of carbonyl (C=O) groups is 3. The number of fused-ring (bicyclic) bond motifs is 4. The number of hydrogen-bond donors (Lipinski definition) is 1. The van der Waals surface area contributed by atoms with Crippen LogP contribution >= 0.6 is 12.2 Å². The van der Waals surface area contributed by atoms with E-state index in [4.69, 9.17) is 12.2 Å². The number of benzene rings is 3. The molecule has 2 amide bonds. The molecular weight excluding hydrogens is 458 g/mol. The van der Waals surface area contributed by atoms with Crippen LogP contribution in [-0.2, 0) is 20.5 Å². The zero-order chi connectivity index (χ0) is 24.7. The van der Waals surface area contributed by atoms with Crippen molar-refractivity contribution in [1.29, 1.82) is 0 Å². The molecule has 0 saturated carbocycles. The first kappa shape index (κ1) is 21.7. The monoisotopic (exact) mass is 481 g/mol. The van der Waals surface area contributed by atoms with Gasteiger partial charge in [-0.25, -0.2) is 0 Å². The summed E-state index contributed by atoms with van der Waals surface area (Å²) in [6.07, 6.45) is 0. The zero-order valence-corrected chi connectivity index (χ0v) is 20.3. The van der Waals surface area contributed by atoms with Crippen molar-refractivity contribution in [2.24, 2.45) is 5.92 Å². The minimum Gasteiger partial charge on any atom is -0.360 e. The second-order valence-corrected chi connectivity index (χ2v) is 9.91. The summed E-state index contributed by atoms with van der Waals surface area (Å²) >= 11 is 5.94. The summed E-state index contributed by atoms with van der Waals surface area (Å²) < 4.78 is 0. The van der Waals surface area contributed by atoms with Gasteiger partial charge in [-0.3, -0.25) is 14.4 Å². The number of Topliss-reactive ketones (excluding diaryl/α,β-unsaturated/α-hetero) is 1. The molecule has 1 fully saturated rings. The van der Waals surface area contributed by atoms with E-state index in [9.17, 15) is 14.4 Å². The van der Waals surface area contributed by atoms with E-state index in [-0.39, 0.29) is 22.6 Å². The van der Waals surface area contributed by atoms with Crippen LogP contribution in [0.2, 0.25) is 0 Å². The Labute approximate surface area is 208 Å². The molecule has 3 aliphatic heterocycles. The lowest BCUT2D eigenvalue weighted by atomic mass is 9.62. The predicted octanol–water partition coefficient (Wildman–Crippen LogP) is 3.51. The molecule has 3 atom stereocenters. The van der Waals surface area contributed by atoms with Gasteiger partial charge in [-0.1, -0.05) is 78.4 Å². The number of amides is 2. The fraction of sp³-hybridized carbons (Fsp3) is 0.214. The van der Waals surface area contributed by atoms with Gasteiger partial charge >= 0.3 is 0 Å². The van der Waals surface area contributed by atoms with Crippen LogP contribution in [0, 0.1) is 12.8 Å². The number of aryl methyl sites for hydroxylation is 1. The molecule has 6 nitrogen and oxygen atoms in total. The Bertz CT molecular complexity index is 1470. The molecule has 0 bridgehead atoms. The summed E-state index contributed by atoms with van der Waals surface area (Å²) in [6.45, 7) is 1.94. The van der Waals surface area contributed by atoms with E-state index in [2.05, 4.69) is 5.32 Å².